The number of carbonyl (C=O) groups excluding carboxylic acids is 1. The molecule has 1 heterocycles. The van der Waals surface area contributed by atoms with E-state index in [1.165, 1.54) is 22.4 Å². The Morgan fingerprint density at radius 2 is 1.80 bits per heavy atom. The lowest BCUT2D eigenvalue weighted by atomic mass is 10.1. The van der Waals surface area contributed by atoms with Crippen LogP contribution in [0.5, 0.6) is 0 Å². The van der Waals surface area contributed by atoms with Crippen molar-refractivity contribution in [2.24, 2.45) is 0 Å². The highest BCUT2D eigenvalue weighted by Crippen LogP contribution is 2.44. The first-order valence-electron chi connectivity index (χ1n) is 10.1. The van der Waals surface area contributed by atoms with Gasteiger partial charge in [-0.15, -0.1) is 23.5 Å². The zero-order valence-electron chi connectivity index (χ0n) is 17.6. The van der Waals surface area contributed by atoms with E-state index < -0.39 is 10.0 Å². The maximum absolute atomic E-state index is 13.0. The van der Waals surface area contributed by atoms with E-state index in [0.717, 1.165) is 22.8 Å². The number of sulfonamides is 1. The summed E-state index contributed by atoms with van der Waals surface area (Å²) in [6, 6.07) is 12.7. The Morgan fingerprint density at radius 1 is 1.10 bits per heavy atom. The Hall–Kier alpha value is -1.48. The second kappa shape index (κ2) is 10.2. The monoisotopic (exact) mass is 464 g/mol. The Bertz CT molecular complexity index is 998. The molecule has 1 fully saturated rings. The Kier molecular flexibility index (Phi) is 7.90. The summed E-state index contributed by atoms with van der Waals surface area (Å²) in [5.41, 5.74) is 3.02. The number of nitrogens with zero attached hydrogens (tertiary/aromatic N) is 1. The molecule has 8 heteroatoms. The van der Waals surface area contributed by atoms with Crippen LogP contribution in [-0.4, -0.2) is 43.2 Å². The summed E-state index contributed by atoms with van der Waals surface area (Å²) in [5.74, 6) is 2.01. The average molecular weight is 465 g/mol. The van der Waals surface area contributed by atoms with Gasteiger partial charge in [-0.2, -0.15) is 4.31 Å². The molecular formula is C22H28N2O3S3. The predicted molar refractivity (Wildman–Crippen MR) is 128 cm³/mol. The standard InChI is InChI=1S/C22H28N2O3S3/c1-4-24(5-2)30(26,27)19-11-10-16(3)20(15-19)21(25)23-18-9-6-8-17(14-18)22-28-12-7-13-29-22/h6,8-11,14-15,22H,4-5,7,12-13H2,1-3H3,(H,23,25). The lowest BCUT2D eigenvalue weighted by molar-refractivity contribution is 0.102. The molecule has 1 aliphatic rings. The third kappa shape index (κ3) is 5.22. The van der Waals surface area contributed by atoms with Gasteiger partial charge in [0.15, 0.2) is 0 Å². The topological polar surface area (TPSA) is 66.5 Å². The second-order valence-electron chi connectivity index (χ2n) is 7.07. The van der Waals surface area contributed by atoms with E-state index in [4.69, 9.17) is 0 Å². The molecule has 3 rings (SSSR count). The number of carbonyl (C=O) groups is 1. The lowest BCUT2D eigenvalue weighted by Gasteiger charge is -2.21. The summed E-state index contributed by atoms with van der Waals surface area (Å²) in [4.78, 5) is 13.1. The first-order valence-corrected chi connectivity index (χ1v) is 13.7. The molecule has 2 aromatic rings. The van der Waals surface area contributed by atoms with E-state index in [1.54, 1.807) is 26.0 Å². The molecule has 30 heavy (non-hydrogen) atoms. The van der Waals surface area contributed by atoms with E-state index in [0.29, 0.717) is 23.2 Å². The fourth-order valence-electron chi connectivity index (χ4n) is 3.36. The summed E-state index contributed by atoms with van der Waals surface area (Å²) in [7, 11) is -3.62. The number of nitrogens with one attached hydrogen (secondary N) is 1. The van der Waals surface area contributed by atoms with Crippen molar-refractivity contribution >= 4 is 45.1 Å². The van der Waals surface area contributed by atoms with Gasteiger partial charge in [0.2, 0.25) is 10.0 Å². The second-order valence-corrected chi connectivity index (χ2v) is 11.7. The minimum Gasteiger partial charge on any atom is -0.322 e. The van der Waals surface area contributed by atoms with Crippen LogP contribution in [0.4, 0.5) is 5.69 Å². The van der Waals surface area contributed by atoms with Gasteiger partial charge in [0.25, 0.3) is 5.91 Å². The highest BCUT2D eigenvalue weighted by Gasteiger charge is 2.24. The number of amides is 1. The first-order chi connectivity index (χ1) is 14.4. The molecule has 0 aliphatic carbocycles. The van der Waals surface area contributed by atoms with Crippen LogP contribution in [-0.2, 0) is 10.0 Å². The fourth-order valence-corrected chi connectivity index (χ4v) is 7.72. The predicted octanol–water partition coefficient (Wildman–Crippen LogP) is 5.15. The summed E-state index contributed by atoms with van der Waals surface area (Å²) < 4.78 is 27.5. The summed E-state index contributed by atoms with van der Waals surface area (Å²) in [6.07, 6.45) is 1.23. The molecule has 1 amide bonds. The average Bonchev–Trinajstić information content (AvgIpc) is 2.75. The van der Waals surface area contributed by atoms with Crippen LogP contribution in [0.2, 0.25) is 0 Å². The molecule has 2 aromatic carbocycles. The van der Waals surface area contributed by atoms with Crippen molar-refractivity contribution < 1.29 is 13.2 Å². The fraction of sp³-hybridized carbons (Fsp3) is 0.409. The summed E-state index contributed by atoms with van der Waals surface area (Å²) in [6.45, 7) is 6.20. The molecule has 0 spiro atoms. The Labute approximate surface area is 188 Å². The number of anilines is 1. The molecule has 1 N–H and O–H groups in total. The SMILES string of the molecule is CCN(CC)S(=O)(=O)c1ccc(C)c(C(=O)Nc2cccc(C3SCCCS3)c2)c1. The number of aryl methyl sites for hydroxylation is 1. The van der Waals surface area contributed by atoms with Crippen LogP contribution in [0, 0.1) is 6.92 Å². The third-order valence-electron chi connectivity index (χ3n) is 5.04. The largest absolute Gasteiger partial charge is 0.322 e. The van der Waals surface area contributed by atoms with Gasteiger partial charge in [0, 0.05) is 24.3 Å². The van der Waals surface area contributed by atoms with E-state index in [-0.39, 0.29) is 10.8 Å². The number of hydrogen-bond acceptors (Lipinski definition) is 5. The van der Waals surface area contributed by atoms with Gasteiger partial charge in [-0.05, 0) is 60.2 Å². The van der Waals surface area contributed by atoms with Crippen molar-refractivity contribution in [3.05, 3.63) is 59.2 Å². The van der Waals surface area contributed by atoms with Gasteiger partial charge >= 0.3 is 0 Å². The Balaban J connectivity index is 1.84. The van der Waals surface area contributed by atoms with Gasteiger partial charge in [-0.1, -0.05) is 32.0 Å². The zero-order chi connectivity index (χ0) is 21.7. The van der Waals surface area contributed by atoms with Crippen molar-refractivity contribution in [3.63, 3.8) is 0 Å². The van der Waals surface area contributed by atoms with Crippen LogP contribution < -0.4 is 5.32 Å². The first kappa shape index (κ1) is 23.2. The molecule has 162 valence electrons. The van der Waals surface area contributed by atoms with E-state index >= 15 is 0 Å². The highest BCUT2D eigenvalue weighted by molar-refractivity contribution is 8.16. The minimum atomic E-state index is -3.62. The molecule has 0 atom stereocenters. The van der Waals surface area contributed by atoms with Crippen molar-refractivity contribution in [1.29, 1.82) is 0 Å². The van der Waals surface area contributed by atoms with Crippen molar-refractivity contribution in [2.75, 3.05) is 29.9 Å². The molecule has 0 saturated carbocycles. The molecule has 0 unspecified atom stereocenters. The molecule has 0 radical (unpaired) electrons. The molecule has 5 nitrogen and oxygen atoms in total. The van der Waals surface area contributed by atoms with E-state index in [9.17, 15) is 13.2 Å². The van der Waals surface area contributed by atoms with Gasteiger partial charge in [0.05, 0.1) is 9.48 Å². The van der Waals surface area contributed by atoms with Crippen molar-refractivity contribution in [3.8, 4) is 0 Å². The molecule has 1 aliphatic heterocycles. The van der Waals surface area contributed by atoms with Crippen LogP contribution in [0.15, 0.2) is 47.4 Å². The normalized spacial score (nSPS) is 15.3. The van der Waals surface area contributed by atoms with Crippen LogP contribution >= 0.6 is 23.5 Å². The van der Waals surface area contributed by atoms with Gasteiger partial charge in [-0.25, -0.2) is 8.42 Å². The number of thioether (sulfide) groups is 2. The quantitative estimate of drug-likeness (QED) is 0.614. The number of hydrogen-bond donors (Lipinski definition) is 1. The van der Waals surface area contributed by atoms with E-state index in [1.807, 2.05) is 48.6 Å². The number of rotatable bonds is 7. The van der Waals surface area contributed by atoms with Crippen molar-refractivity contribution in [1.82, 2.24) is 4.31 Å². The lowest BCUT2D eigenvalue weighted by Crippen LogP contribution is -2.30. The van der Waals surface area contributed by atoms with Gasteiger partial charge in [0.1, 0.15) is 0 Å². The molecular weight excluding hydrogens is 436 g/mol. The maximum Gasteiger partial charge on any atom is 0.255 e. The highest BCUT2D eigenvalue weighted by atomic mass is 32.2. The van der Waals surface area contributed by atoms with Crippen molar-refractivity contribution in [2.45, 2.75) is 36.7 Å². The number of benzene rings is 2. The molecule has 1 saturated heterocycles. The third-order valence-corrected chi connectivity index (χ3v) is 10.1. The van der Waals surface area contributed by atoms with Gasteiger partial charge < -0.3 is 5.32 Å². The maximum atomic E-state index is 13.0. The van der Waals surface area contributed by atoms with Crippen LogP contribution in [0.1, 0.15) is 46.3 Å². The molecule has 0 bridgehead atoms. The molecule has 0 aromatic heterocycles. The minimum absolute atomic E-state index is 0.144. The zero-order valence-corrected chi connectivity index (χ0v) is 20.0. The summed E-state index contributed by atoms with van der Waals surface area (Å²) >= 11 is 3.87. The van der Waals surface area contributed by atoms with Crippen LogP contribution in [0.3, 0.4) is 0 Å². The Morgan fingerprint density at radius 3 is 2.47 bits per heavy atom. The smallest absolute Gasteiger partial charge is 0.255 e. The van der Waals surface area contributed by atoms with Crippen LogP contribution in [0.25, 0.3) is 0 Å². The van der Waals surface area contributed by atoms with Gasteiger partial charge in [-0.3, -0.25) is 4.79 Å². The van der Waals surface area contributed by atoms with E-state index in [2.05, 4.69) is 11.4 Å². The summed E-state index contributed by atoms with van der Waals surface area (Å²) in [5, 5.41) is 2.95.